The lowest BCUT2D eigenvalue weighted by molar-refractivity contribution is -0.310. The quantitative estimate of drug-likeness (QED) is 0.0154. The average molecular weight is 1400 g/mol. The maximum Gasteiger partial charge on any atom is 0.364 e. The standard InChI is InChI=1S/C69H81N5O22S2/c1-40(77)73-57-53(80)34-68(39-76,95-61(57)59(84)55(82)36-71-64(87)50-21-13-45(14-22-50)46-15-25-51(26-16-46)66(89)90)93-28-4-32-98-33-27-70-63(86)48-23-17-47(18-24-48)52(79)6-3-30-97-31-5-29-94-69(67(91)92)35-54(81)58(74-41(2)78)62(96-69)60(85)56(83)37-72-65(88)49-19-11-44(12-20-49)43-9-7-42(38-75)8-10-43/h7-26,38-39,53-62,80-85H,3-6,27-37H2,1-2H3,(H,70,86)(H,71,87)(H,72,88)(H,73,77)(H,74,78)(H,89,90)(H,91,92)/t53-,54-,55+,56-,57+,58+,59+,60+,61+,62+,68+,69+/m0/s1. The van der Waals surface area contributed by atoms with Crippen LogP contribution in [0.4, 0.5) is 0 Å². The first-order chi connectivity index (χ1) is 46.9. The van der Waals surface area contributed by atoms with Crippen LogP contribution in [0.1, 0.15) is 115 Å². The highest BCUT2D eigenvalue weighted by Gasteiger charge is 2.56. The smallest absolute Gasteiger partial charge is 0.364 e. The summed E-state index contributed by atoms with van der Waals surface area (Å²) in [6.45, 7) is 1.33. The summed E-state index contributed by atoms with van der Waals surface area (Å²) < 4.78 is 23.4. The number of aliphatic hydroxyl groups excluding tert-OH is 6. The molecular weight excluding hydrogens is 1310 g/mol. The summed E-state index contributed by atoms with van der Waals surface area (Å²) in [4.78, 5) is 124. The van der Waals surface area contributed by atoms with E-state index in [1.165, 1.54) is 54.7 Å². The summed E-state index contributed by atoms with van der Waals surface area (Å²) >= 11 is 2.94. The van der Waals surface area contributed by atoms with Gasteiger partial charge in [0.25, 0.3) is 23.5 Å². The van der Waals surface area contributed by atoms with E-state index in [1.54, 1.807) is 97.1 Å². The van der Waals surface area contributed by atoms with Crippen molar-refractivity contribution in [3.05, 3.63) is 155 Å². The number of hydrogen-bond donors (Lipinski definition) is 13. The molecule has 29 heteroatoms. The Morgan fingerprint density at radius 2 is 0.939 bits per heavy atom. The first kappa shape index (κ1) is 77.1. The number of ether oxygens (including phenoxy) is 4. The number of thioether (sulfide) groups is 2. The molecule has 12 atom stereocenters. The summed E-state index contributed by atoms with van der Waals surface area (Å²) in [5.74, 6) is -8.22. The first-order valence-electron chi connectivity index (χ1n) is 31.6. The van der Waals surface area contributed by atoms with Crippen LogP contribution in [0.5, 0.6) is 0 Å². The minimum absolute atomic E-state index is 0.0480. The van der Waals surface area contributed by atoms with Crippen molar-refractivity contribution in [1.82, 2.24) is 26.6 Å². The minimum Gasteiger partial charge on any atom is -0.478 e. The molecule has 2 fully saturated rings. The first-order valence-corrected chi connectivity index (χ1v) is 33.9. The molecular formula is C69H81N5O22S2. The van der Waals surface area contributed by atoms with E-state index in [0.29, 0.717) is 76.4 Å². The molecule has 2 aliphatic rings. The molecule has 0 radical (unpaired) electrons. The van der Waals surface area contributed by atoms with Crippen molar-refractivity contribution in [2.24, 2.45) is 0 Å². The van der Waals surface area contributed by atoms with Crippen molar-refractivity contribution in [2.45, 2.75) is 125 Å². The fourth-order valence-corrected chi connectivity index (χ4v) is 12.6. The second kappa shape index (κ2) is 37.0. The molecule has 27 nitrogen and oxygen atoms in total. The lowest BCUT2D eigenvalue weighted by Gasteiger charge is -2.46. The number of carbonyl (C=O) groups excluding carboxylic acids is 8. The van der Waals surface area contributed by atoms with Crippen molar-refractivity contribution in [1.29, 1.82) is 0 Å². The number of hydrogen-bond acceptors (Lipinski definition) is 22. The third-order valence-corrected chi connectivity index (χ3v) is 18.4. The summed E-state index contributed by atoms with van der Waals surface area (Å²) in [5.41, 5.74) is 4.78. The Kier molecular flexibility index (Phi) is 29.1. The van der Waals surface area contributed by atoms with Gasteiger partial charge in [-0.3, -0.25) is 38.4 Å². The number of nitrogens with one attached hydrogen (secondary N) is 5. The molecule has 13 N–H and O–H groups in total. The molecule has 5 aromatic rings. The van der Waals surface area contributed by atoms with Crippen LogP contribution in [0.15, 0.2) is 121 Å². The summed E-state index contributed by atoms with van der Waals surface area (Å²) in [6, 6.07) is 29.3. The van der Waals surface area contributed by atoms with Crippen LogP contribution >= 0.6 is 23.5 Å². The van der Waals surface area contributed by atoms with Crippen LogP contribution in [0.25, 0.3) is 22.3 Å². The Morgan fingerprint density at radius 3 is 1.40 bits per heavy atom. The van der Waals surface area contributed by atoms with Gasteiger partial charge in [-0.15, -0.1) is 0 Å². The number of benzene rings is 5. The molecule has 0 spiro atoms. The normalized spacial score (nSPS) is 21.8. The maximum absolute atomic E-state index is 13.1. The Morgan fingerprint density at radius 1 is 0.531 bits per heavy atom. The molecule has 0 aromatic heterocycles. The van der Waals surface area contributed by atoms with E-state index in [0.717, 1.165) is 24.3 Å². The number of rotatable bonds is 37. The molecule has 0 unspecified atom stereocenters. The molecule has 98 heavy (non-hydrogen) atoms. The summed E-state index contributed by atoms with van der Waals surface area (Å²) in [7, 11) is 0. The van der Waals surface area contributed by atoms with Gasteiger partial charge in [0.15, 0.2) is 12.1 Å². The number of amides is 5. The second-order valence-corrected chi connectivity index (χ2v) is 25.9. The number of ketones is 1. The molecule has 0 saturated carbocycles. The third kappa shape index (κ3) is 21.6. The Hall–Kier alpha value is -8.30. The number of carboxylic acid groups (broad SMARTS) is 2. The third-order valence-electron chi connectivity index (χ3n) is 16.2. The zero-order valence-corrected chi connectivity index (χ0v) is 55.3. The van der Waals surface area contributed by atoms with Gasteiger partial charge in [-0.25, -0.2) is 9.59 Å². The van der Waals surface area contributed by atoms with Gasteiger partial charge >= 0.3 is 11.9 Å². The van der Waals surface area contributed by atoms with Crippen molar-refractivity contribution in [2.75, 3.05) is 55.9 Å². The van der Waals surface area contributed by atoms with Gasteiger partial charge in [0.2, 0.25) is 17.6 Å². The second-order valence-electron chi connectivity index (χ2n) is 23.4. The van der Waals surface area contributed by atoms with E-state index in [2.05, 4.69) is 26.6 Å². The highest BCUT2D eigenvalue weighted by molar-refractivity contribution is 7.99. The van der Waals surface area contributed by atoms with Gasteiger partial charge in [0.1, 0.15) is 30.7 Å². The van der Waals surface area contributed by atoms with Crippen molar-refractivity contribution >= 4 is 83.4 Å². The number of aliphatic hydroxyl groups is 6. The number of aliphatic carboxylic acids is 1. The molecule has 5 amide bonds. The predicted molar refractivity (Wildman–Crippen MR) is 358 cm³/mol. The van der Waals surface area contributed by atoms with Gasteiger partial charge in [0.05, 0.1) is 55.3 Å². The SMILES string of the molecule is CC(=O)N[C@H]1[C@H]([C@H](O)[C@H](O)CNC(=O)c2ccc(-c3ccc(C(=O)O)cc3)cc2)O[C@](C=O)(OCCCSCCNC(=O)c2ccc(C(=O)CCCSCCCO[C@]3(C(=O)O)C[C@H](O)[C@@H](NC(C)=O)[C@H]([C@H](O)[C@@H](O)CNC(=O)c4ccc(-c5ccc(C=O)cc5)cc4)O3)cc2)C[C@@H]1O. The van der Waals surface area contributed by atoms with Crippen LogP contribution in [-0.2, 0) is 38.1 Å². The van der Waals surface area contributed by atoms with Crippen LogP contribution in [0, 0.1) is 0 Å². The zero-order chi connectivity index (χ0) is 71.1. The molecule has 2 saturated heterocycles. The molecule has 5 aromatic carbocycles. The Labute approximate surface area is 572 Å². The Bertz CT molecular complexity index is 3540. The van der Waals surface area contributed by atoms with Crippen molar-refractivity contribution in [3.63, 3.8) is 0 Å². The van der Waals surface area contributed by atoms with Crippen molar-refractivity contribution in [3.8, 4) is 22.3 Å². The van der Waals surface area contributed by atoms with Crippen LogP contribution < -0.4 is 26.6 Å². The molecule has 2 aliphatic heterocycles. The number of aromatic carboxylic acids is 1. The number of Topliss-reactive ketones (excluding diaryl/α,β-unsaturated/α-hetero) is 1. The fourth-order valence-electron chi connectivity index (χ4n) is 10.9. The summed E-state index contributed by atoms with van der Waals surface area (Å²) in [5, 5.41) is 99.4. The minimum atomic E-state index is -2.50. The van der Waals surface area contributed by atoms with Gasteiger partial charge in [-0.05, 0) is 107 Å². The molecule has 0 bridgehead atoms. The predicted octanol–water partition coefficient (Wildman–Crippen LogP) is 2.79. The fraction of sp³-hybridized carbons (Fsp3) is 0.420. The molecule has 526 valence electrons. The van der Waals surface area contributed by atoms with Crippen molar-refractivity contribution < 1.29 is 108 Å². The number of carbonyl (C=O) groups is 10. The van der Waals surface area contributed by atoms with Crippen LogP contribution in [0.2, 0.25) is 0 Å². The Balaban J connectivity index is 0.768. The molecule has 2 heterocycles. The molecule has 7 rings (SSSR count). The highest BCUT2D eigenvalue weighted by atomic mass is 32.2. The van der Waals surface area contributed by atoms with E-state index in [9.17, 15) is 88.8 Å². The van der Waals surface area contributed by atoms with Gasteiger partial charge in [-0.2, -0.15) is 23.5 Å². The maximum atomic E-state index is 13.1. The van der Waals surface area contributed by atoms with Crippen LogP contribution in [0.3, 0.4) is 0 Å². The lowest BCUT2D eigenvalue weighted by Crippen LogP contribution is -2.68. The van der Waals surface area contributed by atoms with Gasteiger partial charge in [-0.1, -0.05) is 72.8 Å². The van der Waals surface area contributed by atoms with Crippen LogP contribution in [-0.4, -0.2) is 229 Å². The summed E-state index contributed by atoms with van der Waals surface area (Å²) in [6.07, 6.45) is -12.3. The van der Waals surface area contributed by atoms with E-state index >= 15 is 0 Å². The van der Waals surface area contributed by atoms with E-state index in [4.69, 9.17) is 18.9 Å². The van der Waals surface area contributed by atoms with E-state index < -0.39 is 134 Å². The largest absolute Gasteiger partial charge is 0.478 e. The molecule has 0 aliphatic carbocycles. The average Bonchev–Trinajstić information content (AvgIpc) is 0.777. The monoisotopic (exact) mass is 1400 g/mol. The van der Waals surface area contributed by atoms with Gasteiger partial charge < -0.3 is 86.4 Å². The zero-order valence-electron chi connectivity index (χ0n) is 53.7. The number of aldehydes is 2. The lowest BCUT2D eigenvalue weighted by atomic mass is 9.88. The number of carboxylic acids is 2. The van der Waals surface area contributed by atoms with E-state index in [-0.39, 0.29) is 54.6 Å². The highest BCUT2D eigenvalue weighted by Crippen LogP contribution is 2.35. The van der Waals surface area contributed by atoms with Gasteiger partial charge in [0, 0.05) is 86.3 Å². The van der Waals surface area contributed by atoms with E-state index in [1.807, 2.05) is 0 Å². The topological polar surface area (TPSA) is 430 Å².